The molecule has 1 unspecified atom stereocenters. The number of nitrogens with zero attached hydrogens (tertiary/aromatic N) is 3. The van der Waals surface area contributed by atoms with Gasteiger partial charge in [-0.05, 0) is 41.8 Å². The summed E-state index contributed by atoms with van der Waals surface area (Å²) >= 11 is 7.80. The normalized spacial score (nSPS) is 15.3. The molecule has 0 spiro atoms. The summed E-state index contributed by atoms with van der Waals surface area (Å²) < 4.78 is 7.33. The average molecular weight is 506 g/mol. The number of aromatic nitrogens is 2. The van der Waals surface area contributed by atoms with Gasteiger partial charge in [-0.1, -0.05) is 78.0 Å². The van der Waals surface area contributed by atoms with Crippen LogP contribution in [0, 0.1) is 0 Å². The van der Waals surface area contributed by atoms with Crippen LogP contribution in [-0.2, 0) is 11.3 Å². The standard InChI is InChI=1S/C28H28ClN3O2S/c29-23-13-11-22(12-14-23)26(21-7-2-1-3-8-21)35-28-30-25-10-5-4-9-24(25)27(33)32(28)16-6-15-31-17-19-34-20-18-31/h1-5,7-14,26H,6,15-20H2. The fourth-order valence-electron chi connectivity index (χ4n) is 4.41. The van der Waals surface area contributed by atoms with E-state index < -0.39 is 0 Å². The highest BCUT2D eigenvalue weighted by Gasteiger charge is 2.21. The number of rotatable bonds is 8. The summed E-state index contributed by atoms with van der Waals surface area (Å²) in [6.45, 7) is 5.00. The van der Waals surface area contributed by atoms with E-state index in [1.54, 1.807) is 11.8 Å². The van der Waals surface area contributed by atoms with E-state index in [1.165, 1.54) is 0 Å². The molecule has 1 aromatic heterocycles. The number of para-hydroxylation sites is 1. The number of fused-ring (bicyclic) bond motifs is 1. The van der Waals surface area contributed by atoms with Crippen LogP contribution in [0.15, 0.2) is 88.8 Å². The molecule has 0 bridgehead atoms. The largest absolute Gasteiger partial charge is 0.379 e. The molecule has 0 N–H and O–H groups in total. The van der Waals surface area contributed by atoms with E-state index in [-0.39, 0.29) is 10.8 Å². The summed E-state index contributed by atoms with van der Waals surface area (Å²) in [5.41, 5.74) is 3.02. The maximum atomic E-state index is 13.6. The Morgan fingerprint density at radius 3 is 2.34 bits per heavy atom. The number of benzene rings is 3. The van der Waals surface area contributed by atoms with Gasteiger partial charge in [-0.15, -0.1) is 0 Å². The lowest BCUT2D eigenvalue weighted by molar-refractivity contribution is 0.0368. The zero-order valence-electron chi connectivity index (χ0n) is 19.5. The van der Waals surface area contributed by atoms with Crippen LogP contribution in [0.5, 0.6) is 0 Å². The molecule has 1 aliphatic heterocycles. The van der Waals surface area contributed by atoms with Crippen molar-refractivity contribution in [3.8, 4) is 0 Å². The quantitative estimate of drug-likeness (QED) is 0.228. The molecular formula is C28H28ClN3O2S. The van der Waals surface area contributed by atoms with Gasteiger partial charge in [0.15, 0.2) is 5.16 Å². The van der Waals surface area contributed by atoms with Gasteiger partial charge in [-0.3, -0.25) is 14.3 Å². The van der Waals surface area contributed by atoms with Gasteiger partial charge in [0, 0.05) is 31.2 Å². The third-order valence-corrected chi connectivity index (χ3v) is 7.84. The van der Waals surface area contributed by atoms with Gasteiger partial charge in [0.25, 0.3) is 5.56 Å². The van der Waals surface area contributed by atoms with Crippen LogP contribution in [0.4, 0.5) is 0 Å². The van der Waals surface area contributed by atoms with Crippen molar-refractivity contribution in [2.75, 3.05) is 32.8 Å². The molecule has 35 heavy (non-hydrogen) atoms. The van der Waals surface area contributed by atoms with Crippen molar-refractivity contribution >= 4 is 34.3 Å². The van der Waals surface area contributed by atoms with E-state index >= 15 is 0 Å². The molecule has 5 nitrogen and oxygen atoms in total. The maximum absolute atomic E-state index is 13.6. The second kappa shape index (κ2) is 11.4. The first kappa shape index (κ1) is 24.1. The minimum absolute atomic E-state index is 0.0167. The van der Waals surface area contributed by atoms with Gasteiger partial charge in [0.2, 0.25) is 0 Å². The monoisotopic (exact) mass is 505 g/mol. The third-order valence-electron chi connectivity index (χ3n) is 6.28. The first-order valence-corrected chi connectivity index (χ1v) is 13.2. The fourth-order valence-corrected chi connectivity index (χ4v) is 5.79. The lowest BCUT2D eigenvalue weighted by atomic mass is 10.0. The van der Waals surface area contributed by atoms with E-state index in [2.05, 4.69) is 29.2 Å². The summed E-state index contributed by atoms with van der Waals surface area (Å²) in [5.74, 6) is 0. The van der Waals surface area contributed by atoms with Crippen molar-refractivity contribution in [2.24, 2.45) is 0 Å². The predicted molar refractivity (Wildman–Crippen MR) is 143 cm³/mol. The van der Waals surface area contributed by atoms with Crippen molar-refractivity contribution in [2.45, 2.75) is 23.4 Å². The van der Waals surface area contributed by atoms with Crippen LogP contribution < -0.4 is 5.56 Å². The van der Waals surface area contributed by atoms with Crippen molar-refractivity contribution in [3.05, 3.63) is 105 Å². The van der Waals surface area contributed by atoms with Crippen LogP contribution in [0.3, 0.4) is 0 Å². The summed E-state index contributed by atoms with van der Waals surface area (Å²) in [6.07, 6.45) is 0.879. The van der Waals surface area contributed by atoms with Gasteiger partial charge in [-0.2, -0.15) is 0 Å². The zero-order valence-corrected chi connectivity index (χ0v) is 21.0. The number of hydrogen-bond acceptors (Lipinski definition) is 5. The molecule has 1 fully saturated rings. The van der Waals surface area contributed by atoms with Gasteiger partial charge < -0.3 is 4.74 Å². The Bertz CT molecular complexity index is 1320. The SMILES string of the molecule is O=c1c2ccccc2nc(SC(c2ccccc2)c2ccc(Cl)cc2)n1CCCN1CCOCC1. The van der Waals surface area contributed by atoms with Crippen LogP contribution in [0.1, 0.15) is 22.8 Å². The summed E-state index contributed by atoms with van der Waals surface area (Å²) in [5, 5.41) is 2.08. The van der Waals surface area contributed by atoms with E-state index in [0.29, 0.717) is 17.0 Å². The summed E-state index contributed by atoms with van der Waals surface area (Å²) in [7, 11) is 0. The van der Waals surface area contributed by atoms with E-state index in [4.69, 9.17) is 21.3 Å². The van der Waals surface area contributed by atoms with Gasteiger partial charge in [0.1, 0.15) is 0 Å². The average Bonchev–Trinajstić information content (AvgIpc) is 2.90. The molecule has 2 heterocycles. The highest BCUT2D eigenvalue weighted by atomic mass is 35.5. The molecule has 4 aromatic rings. The Kier molecular flexibility index (Phi) is 7.84. The zero-order chi connectivity index (χ0) is 24.0. The highest BCUT2D eigenvalue weighted by molar-refractivity contribution is 7.99. The molecule has 1 saturated heterocycles. The Hall–Kier alpha value is -2.64. The van der Waals surface area contributed by atoms with Crippen molar-refractivity contribution < 1.29 is 4.74 Å². The minimum atomic E-state index is -0.0213. The van der Waals surface area contributed by atoms with Crippen molar-refractivity contribution in [3.63, 3.8) is 0 Å². The van der Waals surface area contributed by atoms with Crippen molar-refractivity contribution in [1.82, 2.24) is 14.5 Å². The van der Waals surface area contributed by atoms with Crippen LogP contribution in [-0.4, -0.2) is 47.3 Å². The van der Waals surface area contributed by atoms with E-state index in [0.717, 1.165) is 61.1 Å². The Morgan fingerprint density at radius 1 is 0.886 bits per heavy atom. The molecule has 1 aliphatic rings. The van der Waals surface area contributed by atoms with Crippen molar-refractivity contribution in [1.29, 1.82) is 0 Å². The Labute approximate surface area is 214 Å². The second-order valence-electron chi connectivity index (χ2n) is 8.64. The number of thioether (sulfide) groups is 1. The Morgan fingerprint density at radius 2 is 1.57 bits per heavy atom. The van der Waals surface area contributed by atoms with E-state index in [9.17, 15) is 4.79 Å². The molecule has 180 valence electrons. The molecular weight excluding hydrogens is 478 g/mol. The number of morpholine rings is 1. The molecule has 0 aliphatic carbocycles. The molecule has 0 radical (unpaired) electrons. The van der Waals surface area contributed by atoms with Gasteiger partial charge in [0.05, 0.1) is 29.4 Å². The Balaban J connectivity index is 1.50. The smallest absolute Gasteiger partial charge is 0.262 e. The lowest BCUT2D eigenvalue weighted by Crippen LogP contribution is -2.37. The summed E-state index contributed by atoms with van der Waals surface area (Å²) in [4.78, 5) is 21.0. The molecule has 0 saturated carbocycles. The minimum Gasteiger partial charge on any atom is -0.379 e. The van der Waals surface area contributed by atoms with Crippen LogP contribution in [0.2, 0.25) is 5.02 Å². The maximum Gasteiger partial charge on any atom is 0.262 e. The van der Waals surface area contributed by atoms with Crippen LogP contribution >= 0.6 is 23.4 Å². The third kappa shape index (κ3) is 5.78. The van der Waals surface area contributed by atoms with Crippen LogP contribution in [0.25, 0.3) is 10.9 Å². The predicted octanol–water partition coefficient (Wildman–Crippen LogP) is 5.65. The molecule has 1 atom stereocenters. The molecule has 0 amide bonds. The fraction of sp³-hybridized carbons (Fsp3) is 0.286. The number of ether oxygens (including phenoxy) is 1. The molecule has 7 heteroatoms. The molecule has 5 rings (SSSR count). The topological polar surface area (TPSA) is 47.4 Å². The first-order valence-electron chi connectivity index (χ1n) is 12.0. The highest BCUT2D eigenvalue weighted by Crippen LogP contribution is 2.40. The number of halogens is 1. The second-order valence-corrected chi connectivity index (χ2v) is 10.1. The first-order chi connectivity index (χ1) is 17.2. The number of hydrogen-bond donors (Lipinski definition) is 0. The lowest BCUT2D eigenvalue weighted by Gasteiger charge is -2.26. The molecule has 3 aromatic carbocycles. The summed E-state index contributed by atoms with van der Waals surface area (Å²) in [6, 6.07) is 25.9. The van der Waals surface area contributed by atoms with E-state index in [1.807, 2.05) is 59.2 Å². The van der Waals surface area contributed by atoms with Gasteiger partial charge in [-0.25, -0.2) is 4.98 Å². The van der Waals surface area contributed by atoms with Gasteiger partial charge >= 0.3 is 0 Å².